The molecule has 3 heterocycles. The molecule has 3 amide bonds. The van der Waals surface area contributed by atoms with Gasteiger partial charge in [0, 0.05) is 21.9 Å². The van der Waals surface area contributed by atoms with E-state index in [2.05, 4.69) is 10.4 Å². The van der Waals surface area contributed by atoms with E-state index >= 15 is 0 Å². The summed E-state index contributed by atoms with van der Waals surface area (Å²) in [6.45, 7) is 0. The number of carbonyl (C=O) groups is 3. The van der Waals surface area contributed by atoms with Gasteiger partial charge in [0.05, 0.1) is 23.6 Å². The van der Waals surface area contributed by atoms with Crippen molar-refractivity contribution in [2.45, 2.75) is 12.1 Å². The second-order valence-electron chi connectivity index (χ2n) is 7.50. The molecule has 2 fully saturated rings. The zero-order chi connectivity index (χ0) is 21.7. The molecule has 2 aromatic carbocycles. The predicted octanol–water partition coefficient (Wildman–Crippen LogP) is 3.35. The van der Waals surface area contributed by atoms with Crippen LogP contribution in [0.4, 0.5) is 11.4 Å². The Kier molecular flexibility index (Phi) is 4.79. The fourth-order valence-corrected chi connectivity index (χ4v) is 4.68. The first-order chi connectivity index (χ1) is 15.0. The Hall–Kier alpha value is -3.16. The molecule has 0 bridgehead atoms. The molecule has 2 saturated heterocycles. The largest absolute Gasteiger partial charge is 0.324 e. The number of hydrazone groups is 1. The molecular weight excluding hydrogens is 439 g/mol. The fourth-order valence-electron chi connectivity index (χ4n) is 4.43. The number of anilines is 2. The molecule has 0 saturated carbocycles. The lowest BCUT2D eigenvalue weighted by Gasteiger charge is -2.30. The smallest absolute Gasteiger partial charge is 0.249 e. The van der Waals surface area contributed by atoms with Crippen LogP contribution in [-0.2, 0) is 14.4 Å². The summed E-state index contributed by atoms with van der Waals surface area (Å²) < 4.78 is 0. The lowest BCUT2D eigenvalue weighted by molar-refractivity contribution is -0.129. The number of allylic oxidation sites excluding steroid dienone is 1. The van der Waals surface area contributed by atoms with Gasteiger partial charge < -0.3 is 5.32 Å². The van der Waals surface area contributed by atoms with Crippen molar-refractivity contribution >= 4 is 58.5 Å². The van der Waals surface area contributed by atoms with E-state index in [1.165, 1.54) is 0 Å². The van der Waals surface area contributed by atoms with Crippen molar-refractivity contribution in [3.05, 3.63) is 70.7 Å². The molecule has 7 nitrogen and oxygen atoms in total. The maximum atomic E-state index is 13.4. The molecule has 0 spiro atoms. The Morgan fingerprint density at radius 2 is 1.52 bits per heavy atom. The maximum Gasteiger partial charge on any atom is 0.249 e. The standard InChI is InChI=1S/C22H16Cl2N4O3/c23-12-3-7-14(8-4-12)26-20(29)19-18-17(16-2-1-11-25-28(16)19)21(30)27(22(18)31)15-9-5-13(24)6-10-15/h1-11,16-19H,(H,26,29)/t16-,17-,18+,19+/m1/s1. The summed E-state index contributed by atoms with van der Waals surface area (Å²) in [5, 5.41) is 9.72. The van der Waals surface area contributed by atoms with E-state index in [0.717, 1.165) is 4.90 Å². The van der Waals surface area contributed by atoms with E-state index in [9.17, 15) is 14.4 Å². The number of imide groups is 1. The van der Waals surface area contributed by atoms with Gasteiger partial charge in [0.2, 0.25) is 17.7 Å². The number of amides is 3. The van der Waals surface area contributed by atoms with Gasteiger partial charge in [0.25, 0.3) is 0 Å². The first-order valence-corrected chi connectivity index (χ1v) is 10.4. The van der Waals surface area contributed by atoms with Crippen LogP contribution >= 0.6 is 23.2 Å². The number of nitrogens with one attached hydrogen (secondary N) is 1. The van der Waals surface area contributed by atoms with E-state index in [4.69, 9.17) is 23.2 Å². The third-order valence-corrected chi connectivity index (χ3v) is 6.26. The SMILES string of the molecule is O=C(Nc1ccc(Cl)cc1)[C@@H]1[C@H]2C(=O)N(c3ccc(Cl)cc3)C(=O)[C@@H]2[C@H]2C=CC=NN21. The van der Waals surface area contributed by atoms with Crippen LogP contribution in [0.3, 0.4) is 0 Å². The molecule has 0 unspecified atom stereocenters. The molecular formula is C22H16Cl2N4O3. The molecule has 0 aromatic heterocycles. The summed E-state index contributed by atoms with van der Waals surface area (Å²) in [7, 11) is 0. The number of hydrogen-bond acceptors (Lipinski definition) is 5. The van der Waals surface area contributed by atoms with Crippen LogP contribution in [0.2, 0.25) is 10.0 Å². The second kappa shape index (κ2) is 7.51. The highest BCUT2D eigenvalue weighted by atomic mass is 35.5. The number of fused-ring (bicyclic) bond motifs is 3. The van der Waals surface area contributed by atoms with Crippen LogP contribution in [0.15, 0.2) is 65.8 Å². The van der Waals surface area contributed by atoms with Crippen LogP contribution in [0.25, 0.3) is 0 Å². The van der Waals surface area contributed by atoms with Gasteiger partial charge in [0.1, 0.15) is 6.04 Å². The summed E-state index contributed by atoms with van der Waals surface area (Å²) in [4.78, 5) is 41.1. The first kappa shape index (κ1) is 19.8. The minimum Gasteiger partial charge on any atom is -0.324 e. The normalized spacial score (nSPS) is 26.3. The lowest BCUT2D eigenvalue weighted by Crippen LogP contribution is -2.47. The van der Waals surface area contributed by atoms with Crippen molar-refractivity contribution in [2.75, 3.05) is 10.2 Å². The van der Waals surface area contributed by atoms with Gasteiger partial charge in [-0.05, 0) is 54.6 Å². The Bertz CT molecular complexity index is 1120. The quantitative estimate of drug-likeness (QED) is 0.720. The lowest BCUT2D eigenvalue weighted by atomic mass is 9.88. The van der Waals surface area contributed by atoms with Gasteiger partial charge in [0.15, 0.2) is 0 Å². The van der Waals surface area contributed by atoms with Gasteiger partial charge in [-0.3, -0.25) is 19.4 Å². The van der Waals surface area contributed by atoms with Crippen molar-refractivity contribution < 1.29 is 14.4 Å². The monoisotopic (exact) mass is 454 g/mol. The number of benzene rings is 2. The number of rotatable bonds is 3. The van der Waals surface area contributed by atoms with E-state index in [1.807, 2.05) is 0 Å². The van der Waals surface area contributed by atoms with E-state index in [-0.39, 0.29) is 5.91 Å². The van der Waals surface area contributed by atoms with Gasteiger partial charge in [-0.15, -0.1) is 0 Å². The number of nitrogens with zero attached hydrogens (tertiary/aromatic N) is 3. The molecule has 0 radical (unpaired) electrons. The molecule has 3 aliphatic heterocycles. The van der Waals surface area contributed by atoms with Gasteiger partial charge in [-0.25, -0.2) is 4.90 Å². The van der Waals surface area contributed by atoms with Gasteiger partial charge >= 0.3 is 0 Å². The van der Waals surface area contributed by atoms with Gasteiger partial charge in [-0.2, -0.15) is 5.10 Å². The van der Waals surface area contributed by atoms with Crippen molar-refractivity contribution in [1.29, 1.82) is 0 Å². The number of carbonyl (C=O) groups excluding carboxylic acids is 3. The van der Waals surface area contributed by atoms with Crippen molar-refractivity contribution in [1.82, 2.24) is 5.01 Å². The third-order valence-electron chi connectivity index (χ3n) is 5.76. The Labute approximate surface area is 187 Å². The van der Waals surface area contributed by atoms with E-state index in [1.54, 1.807) is 71.9 Å². The maximum absolute atomic E-state index is 13.4. The highest BCUT2D eigenvalue weighted by Gasteiger charge is 2.64. The molecule has 0 aliphatic carbocycles. The molecule has 2 aromatic rings. The van der Waals surface area contributed by atoms with Crippen molar-refractivity contribution in [3.8, 4) is 0 Å². The Morgan fingerprint density at radius 1 is 0.903 bits per heavy atom. The second-order valence-corrected chi connectivity index (χ2v) is 8.37. The van der Waals surface area contributed by atoms with Crippen molar-refractivity contribution in [2.24, 2.45) is 16.9 Å². The van der Waals surface area contributed by atoms with Crippen LogP contribution in [-0.4, -0.2) is 41.0 Å². The molecule has 4 atom stereocenters. The topological polar surface area (TPSA) is 82.1 Å². The van der Waals surface area contributed by atoms with E-state index in [0.29, 0.717) is 21.4 Å². The molecule has 31 heavy (non-hydrogen) atoms. The van der Waals surface area contributed by atoms with E-state index < -0.39 is 35.7 Å². The first-order valence-electron chi connectivity index (χ1n) is 9.64. The minimum absolute atomic E-state index is 0.351. The third kappa shape index (κ3) is 3.21. The van der Waals surface area contributed by atoms with Crippen LogP contribution in [0.5, 0.6) is 0 Å². The summed E-state index contributed by atoms with van der Waals surface area (Å²) >= 11 is 11.9. The highest BCUT2D eigenvalue weighted by molar-refractivity contribution is 6.31. The Balaban J connectivity index is 1.50. The molecule has 5 rings (SSSR count). The highest BCUT2D eigenvalue weighted by Crippen LogP contribution is 2.45. The van der Waals surface area contributed by atoms with Gasteiger partial charge in [-0.1, -0.05) is 29.3 Å². The molecule has 1 N–H and O–H groups in total. The zero-order valence-electron chi connectivity index (χ0n) is 16.0. The summed E-state index contributed by atoms with van der Waals surface area (Å²) in [5.74, 6) is -2.76. The van der Waals surface area contributed by atoms with Crippen LogP contribution in [0.1, 0.15) is 0 Å². The summed E-state index contributed by atoms with van der Waals surface area (Å²) in [6.07, 6.45) is 5.07. The number of hydrogen-bond donors (Lipinski definition) is 1. The van der Waals surface area contributed by atoms with Crippen molar-refractivity contribution in [3.63, 3.8) is 0 Å². The molecule has 3 aliphatic rings. The predicted molar refractivity (Wildman–Crippen MR) is 118 cm³/mol. The fraction of sp³-hybridized carbons (Fsp3) is 0.182. The average molecular weight is 455 g/mol. The minimum atomic E-state index is -0.930. The summed E-state index contributed by atoms with van der Waals surface area (Å²) in [5.41, 5.74) is 0.970. The molecule has 156 valence electrons. The Morgan fingerprint density at radius 3 is 2.19 bits per heavy atom. The van der Waals surface area contributed by atoms with Crippen LogP contribution < -0.4 is 10.2 Å². The average Bonchev–Trinajstić information content (AvgIpc) is 3.24. The zero-order valence-corrected chi connectivity index (χ0v) is 17.5. The summed E-state index contributed by atoms with van der Waals surface area (Å²) in [6, 6.07) is 11.7. The van der Waals surface area contributed by atoms with Crippen LogP contribution in [0, 0.1) is 11.8 Å². The molecule has 9 heteroatoms. The number of halogens is 2.